The molecule has 1 aliphatic heterocycles. The number of rotatable bonds is 3. The summed E-state index contributed by atoms with van der Waals surface area (Å²) >= 11 is 0. The van der Waals surface area contributed by atoms with E-state index in [1.165, 1.54) is 11.1 Å². The van der Waals surface area contributed by atoms with E-state index >= 15 is 0 Å². The average Bonchev–Trinajstić information content (AvgIpc) is 2.52. The molecule has 0 radical (unpaired) electrons. The van der Waals surface area contributed by atoms with Crippen molar-refractivity contribution in [3.05, 3.63) is 35.4 Å². The monoisotopic (exact) mass is 231 g/mol. The third-order valence-electron chi connectivity index (χ3n) is 3.58. The fourth-order valence-corrected chi connectivity index (χ4v) is 2.38. The van der Waals surface area contributed by atoms with Crippen LogP contribution in [0.4, 0.5) is 0 Å². The predicted molar refractivity (Wildman–Crippen MR) is 71.4 cm³/mol. The SMILES string of the molecule is CC(CN1CCc2ccccc2CC1)C(=N)N. The first kappa shape index (κ1) is 12.1. The summed E-state index contributed by atoms with van der Waals surface area (Å²) in [5.41, 5.74) is 8.49. The van der Waals surface area contributed by atoms with Gasteiger partial charge in [-0.3, -0.25) is 5.41 Å². The molecule has 1 heterocycles. The Labute approximate surface area is 103 Å². The number of nitrogens with one attached hydrogen (secondary N) is 1. The van der Waals surface area contributed by atoms with Gasteiger partial charge in [-0.1, -0.05) is 31.2 Å². The minimum absolute atomic E-state index is 0.163. The van der Waals surface area contributed by atoms with Crippen molar-refractivity contribution in [2.24, 2.45) is 11.7 Å². The van der Waals surface area contributed by atoms with E-state index in [4.69, 9.17) is 11.1 Å². The Bertz CT molecular complexity index is 373. The normalized spacial score (nSPS) is 18.2. The summed E-state index contributed by atoms with van der Waals surface area (Å²) in [6.45, 7) is 5.09. The Morgan fingerprint density at radius 3 is 2.29 bits per heavy atom. The summed E-state index contributed by atoms with van der Waals surface area (Å²) in [6, 6.07) is 8.69. The molecule has 0 saturated heterocycles. The zero-order valence-electron chi connectivity index (χ0n) is 10.4. The van der Waals surface area contributed by atoms with Crippen LogP contribution in [0.2, 0.25) is 0 Å². The number of fused-ring (bicyclic) bond motifs is 1. The molecule has 0 aromatic heterocycles. The van der Waals surface area contributed by atoms with Gasteiger partial charge in [-0.25, -0.2) is 0 Å². The van der Waals surface area contributed by atoms with Gasteiger partial charge < -0.3 is 10.6 Å². The third-order valence-corrected chi connectivity index (χ3v) is 3.58. The van der Waals surface area contributed by atoms with Crippen LogP contribution in [0.5, 0.6) is 0 Å². The summed E-state index contributed by atoms with van der Waals surface area (Å²) < 4.78 is 0. The molecular formula is C14H21N3. The maximum absolute atomic E-state index is 7.45. The van der Waals surface area contributed by atoms with Gasteiger partial charge in [-0.15, -0.1) is 0 Å². The number of hydrogen-bond donors (Lipinski definition) is 2. The number of nitrogens with zero attached hydrogens (tertiary/aromatic N) is 1. The van der Waals surface area contributed by atoms with Crippen LogP contribution in [0.25, 0.3) is 0 Å². The number of nitrogens with two attached hydrogens (primary N) is 1. The Morgan fingerprint density at radius 1 is 1.29 bits per heavy atom. The van der Waals surface area contributed by atoms with Gasteiger partial charge in [0.15, 0.2) is 0 Å². The molecule has 0 amide bonds. The molecule has 1 aromatic carbocycles. The van der Waals surface area contributed by atoms with Gasteiger partial charge in [-0.05, 0) is 24.0 Å². The lowest BCUT2D eigenvalue weighted by molar-refractivity contribution is 0.270. The highest BCUT2D eigenvalue weighted by molar-refractivity contribution is 5.79. The maximum Gasteiger partial charge on any atom is 0.0947 e. The second kappa shape index (κ2) is 5.32. The smallest absolute Gasteiger partial charge is 0.0947 e. The highest BCUT2D eigenvalue weighted by Gasteiger charge is 2.16. The molecule has 1 aliphatic rings. The molecule has 1 atom stereocenters. The molecule has 3 heteroatoms. The molecule has 92 valence electrons. The van der Waals surface area contributed by atoms with Crippen molar-refractivity contribution < 1.29 is 0 Å². The van der Waals surface area contributed by atoms with Crippen molar-refractivity contribution in [2.45, 2.75) is 19.8 Å². The van der Waals surface area contributed by atoms with Crippen LogP contribution in [-0.2, 0) is 12.8 Å². The standard InChI is InChI=1S/C14H21N3/c1-11(14(15)16)10-17-8-6-12-4-2-3-5-13(12)7-9-17/h2-5,11H,6-10H2,1H3,(H3,15,16). The highest BCUT2D eigenvalue weighted by atomic mass is 15.1. The summed E-state index contributed by atoms with van der Waals surface area (Å²) in [5, 5.41) is 7.45. The molecule has 3 N–H and O–H groups in total. The van der Waals surface area contributed by atoms with Crippen LogP contribution in [0.3, 0.4) is 0 Å². The minimum atomic E-state index is 0.163. The van der Waals surface area contributed by atoms with Crippen molar-refractivity contribution in [3.8, 4) is 0 Å². The van der Waals surface area contributed by atoms with Gasteiger partial charge in [0.05, 0.1) is 5.84 Å². The second-order valence-electron chi connectivity index (χ2n) is 4.93. The van der Waals surface area contributed by atoms with Crippen LogP contribution >= 0.6 is 0 Å². The van der Waals surface area contributed by atoms with E-state index in [-0.39, 0.29) is 5.92 Å². The van der Waals surface area contributed by atoms with Crippen LogP contribution in [-0.4, -0.2) is 30.4 Å². The lowest BCUT2D eigenvalue weighted by Gasteiger charge is -2.23. The average molecular weight is 231 g/mol. The van der Waals surface area contributed by atoms with E-state index < -0.39 is 0 Å². The zero-order chi connectivity index (χ0) is 12.3. The quantitative estimate of drug-likeness (QED) is 0.614. The molecule has 17 heavy (non-hydrogen) atoms. The molecule has 3 nitrogen and oxygen atoms in total. The third kappa shape index (κ3) is 3.07. The van der Waals surface area contributed by atoms with Gasteiger partial charge >= 0.3 is 0 Å². The first-order valence-corrected chi connectivity index (χ1v) is 6.30. The summed E-state index contributed by atoms with van der Waals surface area (Å²) in [5.74, 6) is 0.461. The molecule has 0 saturated carbocycles. The second-order valence-corrected chi connectivity index (χ2v) is 4.93. The summed E-state index contributed by atoms with van der Waals surface area (Å²) in [4.78, 5) is 2.42. The number of benzene rings is 1. The molecule has 2 rings (SSSR count). The van der Waals surface area contributed by atoms with E-state index in [9.17, 15) is 0 Å². The summed E-state index contributed by atoms with van der Waals surface area (Å²) in [6.07, 6.45) is 2.22. The van der Waals surface area contributed by atoms with Gasteiger partial charge in [0.25, 0.3) is 0 Å². The lowest BCUT2D eigenvalue weighted by Crippen LogP contribution is -2.36. The number of amidine groups is 1. The highest BCUT2D eigenvalue weighted by Crippen LogP contribution is 2.16. The minimum Gasteiger partial charge on any atom is -0.387 e. The Kier molecular flexibility index (Phi) is 3.79. The Balaban J connectivity index is 1.97. The van der Waals surface area contributed by atoms with Crippen LogP contribution in [0.15, 0.2) is 24.3 Å². The molecule has 0 spiro atoms. The lowest BCUT2D eigenvalue weighted by atomic mass is 10.0. The number of hydrogen-bond acceptors (Lipinski definition) is 2. The summed E-state index contributed by atoms with van der Waals surface area (Å²) in [7, 11) is 0. The van der Waals surface area contributed by atoms with Gasteiger partial charge in [0.1, 0.15) is 0 Å². The molecule has 0 bridgehead atoms. The largest absolute Gasteiger partial charge is 0.387 e. The first-order chi connectivity index (χ1) is 8.16. The maximum atomic E-state index is 7.45. The van der Waals surface area contributed by atoms with Gasteiger partial charge in [0, 0.05) is 25.6 Å². The van der Waals surface area contributed by atoms with Crippen molar-refractivity contribution >= 4 is 5.84 Å². The Morgan fingerprint density at radius 2 is 1.82 bits per heavy atom. The molecule has 1 unspecified atom stereocenters. The molecule has 0 aliphatic carbocycles. The Hall–Kier alpha value is -1.35. The topological polar surface area (TPSA) is 53.1 Å². The van der Waals surface area contributed by atoms with E-state index in [2.05, 4.69) is 29.2 Å². The molecule has 1 aromatic rings. The molecule has 0 fully saturated rings. The zero-order valence-corrected chi connectivity index (χ0v) is 10.4. The fourth-order valence-electron chi connectivity index (χ4n) is 2.38. The van der Waals surface area contributed by atoms with E-state index in [1.54, 1.807) is 0 Å². The van der Waals surface area contributed by atoms with Crippen molar-refractivity contribution in [1.29, 1.82) is 5.41 Å². The van der Waals surface area contributed by atoms with E-state index in [0.29, 0.717) is 5.84 Å². The van der Waals surface area contributed by atoms with Crippen LogP contribution in [0, 0.1) is 11.3 Å². The molecular weight excluding hydrogens is 210 g/mol. The van der Waals surface area contributed by atoms with Crippen LogP contribution < -0.4 is 5.73 Å². The van der Waals surface area contributed by atoms with Gasteiger partial charge in [0.2, 0.25) is 0 Å². The van der Waals surface area contributed by atoms with Crippen LogP contribution in [0.1, 0.15) is 18.1 Å². The van der Waals surface area contributed by atoms with Crippen molar-refractivity contribution in [3.63, 3.8) is 0 Å². The van der Waals surface area contributed by atoms with Gasteiger partial charge in [-0.2, -0.15) is 0 Å². The van der Waals surface area contributed by atoms with E-state index in [0.717, 1.165) is 32.5 Å². The van der Waals surface area contributed by atoms with Crippen molar-refractivity contribution in [1.82, 2.24) is 4.90 Å². The van der Waals surface area contributed by atoms with E-state index in [1.807, 2.05) is 6.92 Å². The van der Waals surface area contributed by atoms with Crippen molar-refractivity contribution in [2.75, 3.05) is 19.6 Å². The first-order valence-electron chi connectivity index (χ1n) is 6.30. The fraction of sp³-hybridized carbons (Fsp3) is 0.500. The predicted octanol–water partition coefficient (Wildman–Crippen LogP) is 1.66.